The monoisotopic (exact) mass is 259 g/mol. The third kappa shape index (κ3) is 6.88. The average Bonchev–Trinajstić information content (AvgIpc) is 2.31. The van der Waals surface area contributed by atoms with Gasteiger partial charge in [0, 0.05) is 6.92 Å². The molecule has 0 radical (unpaired) electrons. The summed E-state index contributed by atoms with van der Waals surface area (Å²) in [6.07, 6.45) is 0.707. The fourth-order valence-corrected chi connectivity index (χ4v) is 1.08. The molecule has 1 amide bonds. The Labute approximate surface area is 107 Å². The van der Waals surface area contributed by atoms with Crippen molar-refractivity contribution in [3.8, 4) is 0 Å². The Morgan fingerprint density at radius 2 is 1.56 bits per heavy atom. The SMILES string of the molecule is CCC(C)C(=O)OCCOC(=O)C(C)NC(C)=O. The van der Waals surface area contributed by atoms with Gasteiger partial charge in [-0.1, -0.05) is 13.8 Å². The van der Waals surface area contributed by atoms with Gasteiger partial charge in [-0.25, -0.2) is 4.79 Å². The fourth-order valence-electron chi connectivity index (χ4n) is 1.08. The summed E-state index contributed by atoms with van der Waals surface area (Å²) in [5.74, 6) is -1.31. The Morgan fingerprint density at radius 1 is 1.06 bits per heavy atom. The number of ether oxygens (including phenoxy) is 2. The molecule has 2 unspecified atom stereocenters. The van der Waals surface area contributed by atoms with Crippen molar-refractivity contribution in [3.63, 3.8) is 0 Å². The number of amides is 1. The summed E-state index contributed by atoms with van der Waals surface area (Å²) in [4.78, 5) is 33.3. The van der Waals surface area contributed by atoms with Gasteiger partial charge in [-0.15, -0.1) is 0 Å². The third-order valence-electron chi connectivity index (χ3n) is 2.36. The van der Waals surface area contributed by atoms with Crippen LogP contribution in [0.1, 0.15) is 34.1 Å². The molecule has 18 heavy (non-hydrogen) atoms. The molecule has 0 aromatic heterocycles. The number of rotatable bonds is 7. The van der Waals surface area contributed by atoms with Crippen LogP contribution in [0.4, 0.5) is 0 Å². The summed E-state index contributed by atoms with van der Waals surface area (Å²) >= 11 is 0. The van der Waals surface area contributed by atoms with E-state index < -0.39 is 12.0 Å². The third-order valence-corrected chi connectivity index (χ3v) is 2.36. The predicted molar refractivity (Wildman–Crippen MR) is 64.7 cm³/mol. The van der Waals surface area contributed by atoms with Gasteiger partial charge in [0.1, 0.15) is 19.3 Å². The minimum absolute atomic E-state index is 0.00900. The number of carbonyl (C=O) groups is 3. The van der Waals surface area contributed by atoms with Crippen LogP contribution in [-0.2, 0) is 23.9 Å². The summed E-state index contributed by atoms with van der Waals surface area (Å²) < 4.78 is 9.74. The van der Waals surface area contributed by atoms with Crippen molar-refractivity contribution in [2.24, 2.45) is 5.92 Å². The summed E-state index contributed by atoms with van der Waals surface area (Å²) in [7, 11) is 0. The van der Waals surface area contributed by atoms with E-state index in [1.165, 1.54) is 13.8 Å². The number of carbonyl (C=O) groups excluding carboxylic acids is 3. The average molecular weight is 259 g/mol. The Bertz CT molecular complexity index is 303. The molecule has 0 aliphatic heterocycles. The fraction of sp³-hybridized carbons (Fsp3) is 0.750. The molecule has 0 aliphatic rings. The van der Waals surface area contributed by atoms with E-state index in [9.17, 15) is 14.4 Å². The first-order chi connectivity index (χ1) is 8.38. The maximum atomic E-state index is 11.3. The molecule has 0 saturated heterocycles. The zero-order valence-corrected chi connectivity index (χ0v) is 11.3. The van der Waals surface area contributed by atoms with Crippen molar-refractivity contribution in [3.05, 3.63) is 0 Å². The van der Waals surface area contributed by atoms with Crippen LogP contribution in [0.2, 0.25) is 0 Å². The van der Waals surface area contributed by atoms with E-state index >= 15 is 0 Å². The number of hydrogen-bond acceptors (Lipinski definition) is 5. The van der Waals surface area contributed by atoms with Crippen LogP contribution in [0.5, 0.6) is 0 Å². The summed E-state index contributed by atoms with van der Waals surface area (Å²) in [6, 6.07) is -0.701. The molecule has 0 fully saturated rings. The minimum Gasteiger partial charge on any atom is -0.462 e. The molecule has 0 rings (SSSR count). The summed E-state index contributed by atoms with van der Waals surface area (Å²) in [6.45, 7) is 6.52. The maximum Gasteiger partial charge on any atom is 0.328 e. The van der Waals surface area contributed by atoms with Crippen LogP contribution in [0, 0.1) is 5.92 Å². The van der Waals surface area contributed by atoms with Crippen molar-refractivity contribution in [1.29, 1.82) is 0 Å². The normalized spacial score (nSPS) is 13.3. The number of esters is 2. The lowest BCUT2D eigenvalue weighted by Crippen LogP contribution is -2.38. The quantitative estimate of drug-likeness (QED) is 0.536. The molecule has 1 N–H and O–H groups in total. The molecule has 0 aromatic carbocycles. The molecule has 104 valence electrons. The molecule has 0 aliphatic carbocycles. The summed E-state index contributed by atoms with van der Waals surface area (Å²) in [5.41, 5.74) is 0. The Balaban J connectivity index is 3.75. The van der Waals surface area contributed by atoms with E-state index in [2.05, 4.69) is 5.32 Å². The van der Waals surface area contributed by atoms with Gasteiger partial charge in [-0.3, -0.25) is 9.59 Å². The first kappa shape index (κ1) is 16.4. The maximum absolute atomic E-state index is 11.3. The van der Waals surface area contributed by atoms with Crippen molar-refractivity contribution in [1.82, 2.24) is 5.32 Å². The molecule has 2 atom stereocenters. The molecular weight excluding hydrogens is 238 g/mol. The lowest BCUT2D eigenvalue weighted by molar-refractivity contribution is -0.155. The molecular formula is C12H21NO5. The van der Waals surface area contributed by atoms with Gasteiger partial charge in [0.2, 0.25) is 5.91 Å². The van der Waals surface area contributed by atoms with Crippen LogP contribution < -0.4 is 5.32 Å². The molecule has 0 saturated carbocycles. The lowest BCUT2D eigenvalue weighted by Gasteiger charge is -2.13. The Kier molecular flexibility index (Phi) is 7.74. The van der Waals surface area contributed by atoms with Gasteiger partial charge >= 0.3 is 11.9 Å². The zero-order valence-electron chi connectivity index (χ0n) is 11.3. The Morgan fingerprint density at radius 3 is 2.00 bits per heavy atom. The van der Waals surface area contributed by atoms with Crippen LogP contribution in [0.15, 0.2) is 0 Å². The van der Waals surface area contributed by atoms with Gasteiger partial charge in [0.05, 0.1) is 5.92 Å². The van der Waals surface area contributed by atoms with E-state index in [1.54, 1.807) is 6.92 Å². The standard InChI is InChI=1S/C12H21NO5/c1-5-8(2)11(15)17-6-7-18-12(16)9(3)13-10(4)14/h8-9H,5-7H2,1-4H3,(H,13,14). The van der Waals surface area contributed by atoms with Gasteiger partial charge < -0.3 is 14.8 Å². The van der Waals surface area contributed by atoms with Crippen LogP contribution >= 0.6 is 0 Å². The van der Waals surface area contributed by atoms with E-state index in [1.807, 2.05) is 6.92 Å². The summed E-state index contributed by atoms with van der Waals surface area (Å²) in [5, 5.41) is 2.40. The first-order valence-corrected chi connectivity index (χ1v) is 5.98. The molecule has 6 nitrogen and oxygen atoms in total. The highest BCUT2D eigenvalue weighted by molar-refractivity contribution is 5.82. The van der Waals surface area contributed by atoms with E-state index in [4.69, 9.17) is 9.47 Å². The highest BCUT2D eigenvalue weighted by Gasteiger charge is 2.16. The van der Waals surface area contributed by atoms with Crippen LogP contribution in [0.3, 0.4) is 0 Å². The van der Waals surface area contributed by atoms with Crippen LogP contribution in [-0.4, -0.2) is 37.1 Å². The van der Waals surface area contributed by atoms with Gasteiger partial charge in [0.25, 0.3) is 0 Å². The molecule has 6 heteroatoms. The van der Waals surface area contributed by atoms with Crippen molar-refractivity contribution >= 4 is 17.8 Å². The predicted octanol–water partition coefficient (Wildman–Crippen LogP) is 0.643. The van der Waals surface area contributed by atoms with Crippen molar-refractivity contribution < 1.29 is 23.9 Å². The van der Waals surface area contributed by atoms with E-state index in [0.29, 0.717) is 6.42 Å². The molecule has 0 bridgehead atoms. The second kappa shape index (κ2) is 8.49. The largest absolute Gasteiger partial charge is 0.462 e. The molecule has 0 aromatic rings. The first-order valence-electron chi connectivity index (χ1n) is 5.98. The number of nitrogens with one attached hydrogen (secondary N) is 1. The van der Waals surface area contributed by atoms with Gasteiger partial charge in [-0.05, 0) is 13.3 Å². The molecule has 0 spiro atoms. The highest BCUT2D eigenvalue weighted by Crippen LogP contribution is 2.02. The second-order valence-electron chi connectivity index (χ2n) is 4.07. The van der Waals surface area contributed by atoms with Crippen molar-refractivity contribution in [2.75, 3.05) is 13.2 Å². The van der Waals surface area contributed by atoms with Crippen LogP contribution in [0.25, 0.3) is 0 Å². The molecule has 0 heterocycles. The highest BCUT2D eigenvalue weighted by atomic mass is 16.6. The van der Waals surface area contributed by atoms with E-state index in [0.717, 1.165) is 0 Å². The lowest BCUT2D eigenvalue weighted by atomic mass is 10.1. The van der Waals surface area contributed by atoms with Gasteiger partial charge in [-0.2, -0.15) is 0 Å². The topological polar surface area (TPSA) is 81.7 Å². The van der Waals surface area contributed by atoms with E-state index in [-0.39, 0.29) is 31.0 Å². The number of hydrogen-bond donors (Lipinski definition) is 1. The zero-order chi connectivity index (χ0) is 14.1. The Hall–Kier alpha value is -1.59. The van der Waals surface area contributed by atoms with Crippen molar-refractivity contribution in [2.45, 2.75) is 40.2 Å². The van der Waals surface area contributed by atoms with Gasteiger partial charge in [0.15, 0.2) is 0 Å². The minimum atomic E-state index is -0.701. The smallest absolute Gasteiger partial charge is 0.328 e. The second-order valence-corrected chi connectivity index (χ2v) is 4.07.